The molecule has 4 nitrogen and oxygen atoms in total. The predicted octanol–water partition coefficient (Wildman–Crippen LogP) is -0.280. The van der Waals surface area contributed by atoms with Crippen molar-refractivity contribution in [3.63, 3.8) is 0 Å². The van der Waals surface area contributed by atoms with Crippen molar-refractivity contribution in [2.45, 2.75) is 0 Å². The summed E-state index contributed by atoms with van der Waals surface area (Å²) in [5.41, 5.74) is 11.2. The number of nitrogens with zero attached hydrogens (tertiary/aromatic N) is 2. The van der Waals surface area contributed by atoms with Crippen LogP contribution < -0.4 is 16.8 Å². The molecule has 60 valence electrons. The highest BCUT2D eigenvalue weighted by Crippen LogP contribution is 2.02. The molecule has 1 heterocycles. The van der Waals surface area contributed by atoms with Gasteiger partial charge in [-0.1, -0.05) is 0 Å². The number of nitrogen functional groups attached to an aromatic ring is 2. The van der Waals surface area contributed by atoms with Crippen molar-refractivity contribution in [3.8, 4) is 0 Å². The van der Waals surface area contributed by atoms with Crippen molar-refractivity contribution in [2.75, 3.05) is 18.5 Å². The van der Waals surface area contributed by atoms with Crippen LogP contribution in [0.2, 0.25) is 0 Å². The molecule has 1 aromatic heterocycles. The first-order valence-corrected chi connectivity index (χ1v) is 3.30. The van der Waals surface area contributed by atoms with Gasteiger partial charge < -0.3 is 16.0 Å². The molecule has 0 aliphatic carbocycles. The van der Waals surface area contributed by atoms with Gasteiger partial charge in [0, 0.05) is 26.2 Å². The van der Waals surface area contributed by atoms with Gasteiger partial charge in [0.05, 0.1) is 5.36 Å². The molecule has 0 aliphatic heterocycles. The molecule has 0 fully saturated rings. The summed E-state index contributed by atoms with van der Waals surface area (Å²) in [4.78, 5) is 3.96. The molecular formula is C7H12N4. The average molecular weight is 152 g/mol. The highest BCUT2D eigenvalue weighted by molar-refractivity contribution is 5.40. The number of nitrogens with two attached hydrogens (primary N) is 2. The topological polar surface area (TPSA) is 69.3 Å². The van der Waals surface area contributed by atoms with E-state index in [1.54, 1.807) is 23.7 Å². The Balaban J connectivity index is 3.45. The molecule has 0 bridgehead atoms. The lowest BCUT2D eigenvalue weighted by Gasteiger charge is -2.06. The summed E-state index contributed by atoms with van der Waals surface area (Å²) in [6.45, 7) is 0. The molecule has 0 radical (unpaired) electrons. The first kappa shape index (κ1) is 7.65. The zero-order valence-electron chi connectivity index (χ0n) is 6.70. The Morgan fingerprint density at radius 3 is 2.09 bits per heavy atom. The maximum Gasteiger partial charge on any atom is 0.106 e. The normalized spacial score (nSPS) is 9.64. The van der Waals surface area contributed by atoms with E-state index in [0.717, 1.165) is 5.36 Å². The van der Waals surface area contributed by atoms with E-state index in [2.05, 4.69) is 4.99 Å². The van der Waals surface area contributed by atoms with E-state index >= 15 is 0 Å². The summed E-state index contributed by atoms with van der Waals surface area (Å²) >= 11 is 0. The van der Waals surface area contributed by atoms with Crippen molar-refractivity contribution in [1.82, 2.24) is 4.57 Å². The molecule has 4 N–H and O–H groups in total. The summed E-state index contributed by atoms with van der Waals surface area (Å²) in [5.74, 6) is 1.23. The van der Waals surface area contributed by atoms with Gasteiger partial charge in [0.25, 0.3) is 0 Å². The molecule has 0 saturated carbocycles. The minimum atomic E-state index is 0.616. The largest absolute Gasteiger partial charge is 0.385 e. The van der Waals surface area contributed by atoms with E-state index in [1.807, 2.05) is 7.05 Å². The molecule has 0 aliphatic rings. The second-order valence-electron chi connectivity index (χ2n) is 2.35. The Morgan fingerprint density at radius 2 is 1.73 bits per heavy atom. The summed E-state index contributed by atoms with van der Waals surface area (Å²) in [6.07, 6.45) is 0. The smallest absolute Gasteiger partial charge is 0.106 e. The second-order valence-corrected chi connectivity index (χ2v) is 2.35. The fourth-order valence-corrected chi connectivity index (χ4v) is 0.817. The van der Waals surface area contributed by atoms with Crippen molar-refractivity contribution >= 4 is 11.6 Å². The molecule has 0 aromatic carbocycles. The summed E-state index contributed by atoms with van der Waals surface area (Å²) in [7, 11) is 3.51. The Bertz CT molecular complexity index is 297. The van der Waals surface area contributed by atoms with E-state index in [0.29, 0.717) is 11.6 Å². The van der Waals surface area contributed by atoms with Crippen LogP contribution in [0.15, 0.2) is 17.1 Å². The third-order valence-electron chi connectivity index (χ3n) is 1.62. The van der Waals surface area contributed by atoms with Crippen LogP contribution in [0.5, 0.6) is 0 Å². The molecule has 0 atom stereocenters. The van der Waals surface area contributed by atoms with E-state index in [9.17, 15) is 0 Å². The van der Waals surface area contributed by atoms with Crippen LogP contribution in [-0.2, 0) is 7.05 Å². The molecule has 1 rings (SSSR count). The molecule has 0 unspecified atom stereocenters. The molecular weight excluding hydrogens is 140 g/mol. The van der Waals surface area contributed by atoms with Gasteiger partial charge in [-0.25, -0.2) is 0 Å². The number of rotatable bonds is 0. The van der Waals surface area contributed by atoms with Crippen LogP contribution in [0.25, 0.3) is 0 Å². The second kappa shape index (κ2) is 2.65. The van der Waals surface area contributed by atoms with Crippen LogP contribution in [0, 0.1) is 0 Å². The molecule has 11 heavy (non-hydrogen) atoms. The Kier molecular flexibility index (Phi) is 1.85. The van der Waals surface area contributed by atoms with Gasteiger partial charge in [0.1, 0.15) is 11.6 Å². The van der Waals surface area contributed by atoms with Gasteiger partial charge in [-0.2, -0.15) is 0 Å². The van der Waals surface area contributed by atoms with Crippen molar-refractivity contribution in [3.05, 3.63) is 17.5 Å². The van der Waals surface area contributed by atoms with Crippen LogP contribution in [-0.4, -0.2) is 11.6 Å². The van der Waals surface area contributed by atoms with Crippen molar-refractivity contribution < 1.29 is 0 Å². The fraction of sp³-hybridized carbons (Fsp3) is 0.286. The van der Waals surface area contributed by atoms with Crippen LogP contribution in [0.1, 0.15) is 0 Å². The Labute approximate surface area is 65.2 Å². The summed E-state index contributed by atoms with van der Waals surface area (Å²) in [6, 6.07) is 3.55. The lowest BCUT2D eigenvalue weighted by Crippen LogP contribution is -2.13. The van der Waals surface area contributed by atoms with Gasteiger partial charge in [0.15, 0.2) is 0 Å². The van der Waals surface area contributed by atoms with E-state index in [1.165, 1.54) is 0 Å². The molecule has 0 amide bonds. The van der Waals surface area contributed by atoms with Crippen molar-refractivity contribution in [2.24, 2.45) is 12.0 Å². The third-order valence-corrected chi connectivity index (χ3v) is 1.62. The Morgan fingerprint density at radius 1 is 1.27 bits per heavy atom. The van der Waals surface area contributed by atoms with Crippen LogP contribution >= 0.6 is 0 Å². The highest BCUT2D eigenvalue weighted by Gasteiger charge is 1.94. The highest BCUT2D eigenvalue weighted by atomic mass is 15.1. The minimum absolute atomic E-state index is 0.616. The lowest BCUT2D eigenvalue weighted by molar-refractivity contribution is 0.926. The van der Waals surface area contributed by atoms with Crippen LogP contribution in [0.3, 0.4) is 0 Å². The maximum atomic E-state index is 5.62. The Hall–Kier alpha value is -1.45. The quantitative estimate of drug-likeness (QED) is 0.536. The lowest BCUT2D eigenvalue weighted by atomic mass is 10.4. The minimum Gasteiger partial charge on any atom is -0.385 e. The fourth-order valence-electron chi connectivity index (χ4n) is 0.817. The molecule has 0 spiro atoms. The standard InChI is InChI=1S/C7H12N4/c1-10-5-3-6(8)11(2)7(9)4-5/h3-4H,8-9H2,1-2H3. The number of aromatic nitrogens is 1. The molecule has 0 saturated heterocycles. The zero-order chi connectivity index (χ0) is 8.43. The number of hydrogen-bond donors (Lipinski definition) is 2. The monoisotopic (exact) mass is 152 g/mol. The van der Waals surface area contributed by atoms with Crippen molar-refractivity contribution in [1.29, 1.82) is 0 Å². The SMILES string of the molecule is CN=c1cc(N)n(C)c(N)c1. The van der Waals surface area contributed by atoms with Crippen LogP contribution in [0.4, 0.5) is 11.6 Å². The van der Waals surface area contributed by atoms with E-state index in [4.69, 9.17) is 11.5 Å². The van der Waals surface area contributed by atoms with E-state index < -0.39 is 0 Å². The van der Waals surface area contributed by atoms with Gasteiger partial charge in [-0.3, -0.25) is 4.99 Å². The molecule has 1 aromatic rings. The summed E-state index contributed by atoms with van der Waals surface area (Å²) in [5, 5.41) is 0.804. The van der Waals surface area contributed by atoms with E-state index in [-0.39, 0.29) is 0 Å². The summed E-state index contributed by atoms with van der Waals surface area (Å²) < 4.78 is 1.70. The first-order valence-electron chi connectivity index (χ1n) is 3.30. The number of pyridine rings is 1. The predicted molar refractivity (Wildman–Crippen MR) is 45.7 cm³/mol. The maximum absolute atomic E-state index is 5.62. The van der Waals surface area contributed by atoms with Gasteiger partial charge in [-0.15, -0.1) is 0 Å². The third kappa shape index (κ3) is 1.34. The molecule has 4 heteroatoms. The van der Waals surface area contributed by atoms with Gasteiger partial charge >= 0.3 is 0 Å². The van der Waals surface area contributed by atoms with Gasteiger partial charge in [0.2, 0.25) is 0 Å². The van der Waals surface area contributed by atoms with Gasteiger partial charge in [-0.05, 0) is 0 Å². The average Bonchev–Trinajstić information content (AvgIpc) is 1.99. The first-order chi connectivity index (χ1) is 5.15. The number of hydrogen-bond acceptors (Lipinski definition) is 3. The zero-order valence-corrected chi connectivity index (χ0v) is 6.70. The number of anilines is 2.